The first-order chi connectivity index (χ1) is 17.4. The maximum Gasteiger partial charge on any atom is 0.281 e. The van der Waals surface area contributed by atoms with Gasteiger partial charge in [-0.3, -0.25) is 4.79 Å². The van der Waals surface area contributed by atoms with Crippen molar-refractivity contribution in [1.29, 1.82) is 0 Å². The van der Waals surface area contributed by atoms with Crippen molar-refractivity contribution in [2.45, 2.75) is 12.2 Å². The minimum atomic E-state index is -1.88. The molecule has 0 radical (unpaired) electrons. The monoisotopic (exact) mass is 766 g/mol. The molecular weight excluding hydrogens is 746 g/mol. The molecule has 0 aromatic heterocycles. The second-order valence-electron chi connectivity index (χ2n) is 7.87. The number of nitrogens with zero attached hydrogens (tertiary/aromatic N) is 1. The fraction of sp³-hybridized carbons (Fsp3) is 0.0714. The average Bonchev–Trinajstić information content (AvgIpc) is 2.89. The molecule has 1 amide bonds. The number of rotatable bonds is 8. The van der Waals surface area contributed by atoms with E-state index in [0.717, 1.165) is 28.5 Å². The number of amides is 1. The lowest BCUT2D eigenvalue weighted by molar-refractivity contribution is -0.136. The summed E-state index contributed by atoms with van der Waals surface area (Å²) in [5.74, 6) is 0.151. The quantitative estimate of drug-likeness (QED) is 0.120. The number of aliphatic hydroxyl groups is 1. The average molecular weight is 767 g/mol. The van der Waals surface area contributed by atoms with Crippen LogP contribution in [0, 0.1) is 7.14 Å². The molecule has 4 aromatic rings. The number of halogens is 3. The molecule has 0 unspecified atom stereocenters. The molecule has 4 aromatic carbocycles. The van der Waals surface area contributed by atoms with E-state index in [0.29, 0.717) is 17.7 Å². The Balaban J connectivity index is 1.49. The maximum atomic E-state index is 13.2. The molecule has 36 heavy (non-hydrogen) atoms. The van der Waals surface area contributed by atoms with E-state index >= 15 is 0 Å². The first-order valence-electron chi connectivity index (χ1n) is 10.9. The van der Waals surface area contributed by atoms with Gasteiger partial charge < -0.3 is 9.84 Å². The van der Waals surface area contributed by atoms with Crippen LogP contribution >= 0.6 is 61.1 Å². The second-order valence-corrected chi connectivity index (χ2v) is 11.1. The highest BCUT2D eigenvalue weighted by Gasteiger charge is 2.39. The molecule has 0 spiro atoms. The molecule has 0 aliphatic carbocycles. The molecule has 0 atom stereocenters. The smallest absolute Gasteiger partial charge is 0.281 e. The van der Waals surface area contributed by atoms with Crippen molar-refractivity contribution in [2.24, 2.45) is 5.10 Å². The third-order valence-corrected chi connectivity index (χ3v) is 7.54. The van der Waals surface area contributed by atoms with E-state index in [1.165, 1.54) is 0 Å². The molecule has 0 heterocycles. The van der Waals surface area contributed by atoms with Gasteiger partial charge in [0.05, 0.1) is 13.4 Å². The summed E-state index contributed by atoms with van der Waals surface area (Å²) in [6.07, 6.45) is 1.55. The van der Waals surface area contributed by atoms with Crippen LogP contribution in [0.3, 0.4) is 0 Å². The van der Waals surface area contributed by atoms with Crippen LogP contribution in [0.5, 0.6) is 5.75 Å². The predicted octanol–water partition coefficient (Wildman–Crippen LogP) is 6.62. The van der Waals surface area contributed by atoms with Crippen molar-refractivity contribution in [3.05, 3.63) is 131 Å². The summed E-state index contributed by atoms with van der Waals surface area (Å²) in [6.45, 7) is 0.459. The highest BCUT2D eigenvalue weighted by atomic mass is 127. The zero-order valence-electron chi connectivity index (χ0n) is 18.9. The van der Waals surface area contributed by atoms with Gasteiger partial charge in [0, 0.05) is 4.47 Å². The number of ether oxygens (including phenoxy) is 1. The Morgan fingerprint density at radius 1 is 0.917 bits per heavy atom. The van der Waals surface area contributed by atoms with Gasteiger partial charge in [-0.2, -0.15) is 5.10 Å². The molecule has 4 rings (SSSR count). The van der Waals surface area contributed by atoms with Gasteiger partial charge in [-0.15, -0.1) is 0 Å². The molecule has 0 aliphatic heterocycles. The summed E-state index contributed by atoms with van der Waals surface area (Å²) >= 11 is 7.89. The molecular formula is C28H21BrI2N2O3. The van der Waals surface area contributed by atoms with Gasteiger partial charge >= 0.3 is 0 Å². The van der Waals surface area contributed by atoms with Gasteiger partial charge in [-0.25, -0.2) is 5.43 Å². The lowest BCUT2D eigenvalue weighted by atomic mass is 9.85. The highest BCUT2D eigenvalue weighted by molar-refractivity contribution is 14.1. The Hall–Kier alpha value is -2.28. The van der Waals surface area contributed by atoms with Gasteiger partial charge in [0.15, 0.2) is 5.60 Å². The lowest BCUT2D eigenvalue weighted by Gasteiger charge is -2.27. The van der Waals surface area contributed by atoms with Gasteiger partial charge in [0.1, 0.15) is 12.4 Å². The molecule has 2 N–H and O–H groups in total. The van der Waals surface area contributed by atoms with Crippen LogP contribution in [-0.2, 0) is 17.0 Å². The van der Waals surface area contributed by atoms with E-state index in [2.05, 4.69) is 71.6 Å². The summed E-state index contributed by atoms with van der Waals surface area (Å²) in [7, 11) is 0. The highest BCUT2D eigenvalue weighted by Crippen LogP contribution is 2.31. The third-order valence-electron chi connectivity index (χ3n) is 5.41. The first-order valence-corrected chi connectivity index (χ1v) is 13.9. The Morgan fingerprint density at radius 3 is 1.97 bits per heavy atom. The number of benzene rings is 4. The van der Waals surface area contributed by atoms with Crippen LogP contribution in [0.25, 0.3) is 0 Å². The summed E-state index contributed by atoms with van der Waals surface area (Å²) < 4.78 is 8.93. The van der Waals surface area contributed by atoms with Crippen LogP contribution < -0.4 is 10.2 Å². The first kappa shape index (κ1) is 26.8. The summed E-state index contributed by atoms with van der Waals surface area (Å²) in [6, 6.07) is 29.5. The third kappa shape index (κ3) is 6.34. The number of carbonyl (C=O) groups is 1. The van der Waals surface area contributed by atoms with Gasteiger partial charge in [0.25, 0.3) is 5.91 Å². The SMILES string of the molecule is O=C(N/N=C/c1cc(I)c(OCc2ccc(Br)cc2)c(I)c1)C(O)(c1ccccc1)c1ccccc1. The Kier molecular flexibility index (Phi) is 9.15. The van der Waals surface area contributed by atoms with Crippen LogP contribution in [0.2, 0.25) is 0 Å². The molecule has 0 saturated carbocycles. The van der Waals surface area contributed by atoms with Gasteiger partial charge in [-0.1, -0.05) is 88.7 Å². The van der Waals surface area contributed by atoms with E-state index in [1.807, 2.05) is 48.5 Å². The predicted molar refractivity (Wildman–Crippen MR) is 162 cm³/mol. The van der Waals surface area contributed by atoms with Crippen molar-refractivity contribution in [3.63, 3.8) is 0 Å². The van der Waals surface area contributed by atoms with E-state index in [4.69, 9.17) is 4.74 Å². The fourth-order valence-electron chi connectivity index (χ4n) is 3.56. The lowest BCUT2D eigenvalue weighted by Crippen LogP contribution is -2.43. The fourth-order valence-corrected chi connectivity index (χ4v) is 5.95. The Labute approximate surface area is 245 Å². The summed E-state index contributed by atoms with van der Waals surface area (Å²) in [5, 5.41) is 15.6. The van der Waals surface area contributed by atoms with Crippen molar-refractivity contribution in [3.8, 4) is 5.75 Å². The molecule has 182 valence electrons. The summed E-state index contributed by atoms with van der Waals surface area (Å²) in [4.78, 5) is 13.2. The Morgan fingerprint density at radius 2 is 1.44 bits per heavy atom. The molecule has 0 saturated heterocycles. The number of hydrogen-bond acceptors (Lipinski definition) is 4. The second kappa shape index (κ2) is 12.3. The maximum absolute atomic E-state index is 13.2. The molecule has 0 bridgehead atoms. The standard InChI is InChI=1S/C28H21BrI2N2O3/c29-23-13-11-19(12-14-23)18-36-26-24(30)15-20(16-25(26)31)17-32-33-27(34)28(35,21-7-3-1-4-8-21)22-9-5-2-6-10-22/h1-17,35H,18H2,(H,33,34)/b32-17+. The van der Waals surface area contributed by atoms with Crippen molar-refractivity contribution < 1.29 is 14.6 Å². The van der Waals surface area contributed by atoms with Crippen molar-refractivity contribution >= 4 is 73.2 Å². The van der Waals surface area contributed by atoms with Crippen molar-refractivity contribution in [1.82, 2.24) is 5.43 Å². The van der Waals surface area contributed by atoms with Crippen molar-refractivity contribution in [2.75, 3.05) is 0 Å². The van der Waals surface area contributed by atoms with Crippen LogP contribution in [0.15, 0.2) is 107 Å². The van der Waals surface area contributed by atoms with Gasteiger partial charge in [-0.05, 0) is 91.7 Å². The number of hydrogen-bond donors (Lipinski definition) is 2. The van der Waals surface area contributed by atoms with Crippen LogP contribution in [0.4, 0.5) is 0 Å². The van der Waals surface area contributed by atoms with E-state index in [1.54, 1.807) is 54.7 Å². The number of hydrazone groups is 1. The minimum Gasteiger partial charge on any atom is -0.487 e. The van der Waals surface area contributed by atoms with Crippen LogP contribution in [0.1, 0.15) is 22.3 Å². The normalized spacial score (nSPS) is 11.4. The topological polar surface area (TPSA) is 70.9 Å². The molecule has 0 fully saturated rings. The number of carbonyl (C=O) groups excluding carboxylic acids is 1. The minimum absolute atomic E-state index is 0.459. The largest absolute Gasteiger partial charge is 0.487 e. The molecule has 5 nitrogen and oxygen atoms in total. The van der Waals surface area contributed by atoms with Crippen LogP contribution in [-0.4, -0.2) is 17.2 Å². The van der Waals surface area contributed by atoms with E-state index in [9.17, 15) is 9.90 Å². The Bertz CT molecular complexity index is 1300. The van der Waals surface area contributed by atoms with E-state index in [-0.39, 0.29) is 0 Å². The van der Waals surface area contributed by atoms with E-state index < -0.39 is 11.5 Å². The molecule has 0 aliphatic rings. The molecule has 8 heteroatoms. The summed E-state index contributed by atoms with van der Waals surface area (Å²) in [5.41, 5.74) is 3.42. The van der Waals surface area contributed by atoms with Gasteiger partial charge in [0.2, 0.25) is 0 Å². The zero-order valence-corrected chi connectivity index (χ0v) is 24.8. The number of nitrogens with one attached hydrogen (secondary N) is 1. The zero-order chi connectivity index (χ0) is 25.5.